The van der Waals surface area contributed by atoms with Gasteiger partial charge < -0.3 is 10.2 Å². The highest BCUT2D eigenvalue weighted by molar-refractivity contribution is 5.56. The Hall–Kier alpha value is -1.25. The van der Waals surface area contributed by atoms with Crippen LogP contribution in [-0.2, 0) is 0 Å². The van der Waals surface area contributed by atoms with Crippen molar-refractivity contribution in [2.24, 2.45) is 0 Å². The molecule has 0 aromatic carbocycles. The predicted octanol–water partition coefficient (Wildman–Crippen LogP) is 4.06. The molecular weight excluding hydrogens is 234 g/mol. The van der Waals surface area contributed by atoms with E-state index < -0.39 is 0 Å². The molecule has 0 saturated carbocycles. The summed E-state index contributed by atoms with van der Waals surface area (Å²) in [5, 5.41) is 3.43. The fourth-order valence-corrected chi connectivity index (χ4v) is 2.89. The normalized spacial score (nSPS) is 20.1. The average Bonchev–Trinajstić information content (AvgIpc) is 2.70. The summed E-state index contributed by atoms with van der Waals surface area (Å²) in [5.41, 5.74) is 2.44. The maximum atomic E-state index is 4.41. The molecule has 2 rings (SSSR count). The summed E-state index contributed by atoms with van der Waals surface area (Å²) < 4.78 is 0. The first-order valence-electron chi connectivity index (χ1n) is 7.80. The zero-order chi connectivity index (χ0) is 13.5. The first-order valence-corrected chi connectivity index (χ1v) is 7.80. The average molecular weight is 261 g/mol. The molecule has 3 heteroatoms. The van der Waals surface area contributed by atoms with Crippen LogP contribution < -0.4 is 10.2 Å². The van der Waals surface area contributed by atoms with Crippen LogP contribution in [0.4, 0.5) is 11.4 Å². The van der Waals surface area contributed by atoms with E-state index in [2.05, 4.69) is 35.1 Å². The first-order chi connectivity index (χ1) is 9.35. The van der Waals surface area contributed by atoms with Crippen molar-refractivity contribution < 1.29 is 0 Å². The van der Waals surface area contributed by atoms with Crippen molar-refractivity contribution >= 4 is 11.4 Å². The molecule has 1 aromatic heterocycles. The molecule has 1 fully saturated rings. The van der Waals surface area contributed by atoms with E-state index in [0.29, 0.717) is 6.04 Å². The van der Waals surface area contributed by atoms with Gasteiger partial charge in [-0.1, -0.05) is 26.7 Å². The lowest BCUT2D eigenvalue weighted by Crippen LogP contribution is -2.34. The number of nitrogens with zero attached hydrogens (tertiary/aromatic N) is 2. The molecule has 1 N–H and O–H groups in total. The van der Waals surface area contributed by atoms with Gasteiger partial charge in [-0.3, -0.25) is 4.98 Å². The maximum Gasteiger partial charge on any atom is 0.0575 e. The van der Waals surface area contributed by atoms with Crippen LogP contribution in [0.3, 0.4) is 0 Å². The lowest BCUT2D eigenvalue weighted by atomic mass is 10.1. The highest BCUT2D eigenvalue weighted by Crippen LogP contribution is 2.26. The Kier molecular flexibility index (Phi) is 5.49. The molecule has 106 valence electrons. The Morgan fingerprint density at radius 3 is 2.95 bits per heavy atom. The second kappa shape index (κ2) is 7.37. The molecule has 1 saturated heterocycles. The van der Waals surface area contributed by atoms with Gasteiger partial charge >= 0.3 is 0 Å². The van der Waals surface area contributed by atoms with E-state index in [1.165, 1.54) is 44.3 Å². The molecule has 1 aliphatic rings. The molecule has 1 aromatic rings. The maximum absolute atomic E-state index is 4.41. The third-order valence-corrected chi connectivity index (χ3v) is 3.98. The van der Waals surface area contributed by atoms with Crippen molar-refractivity contribution in [1.82, 2.24) is 4.98 Å². The Morgan fingerprint density at radius 1 is 1.26 bits per heavy atom. The van der Waals surface area contributed by atoms with Crippen LogP contribution in [0.5, 0.6) is 0 Å². The largest absolute Gasteiger partial charge is 0.384 e. The summed E-state index contributed by atoms with van der Waals surface area (Å²) in [5.74, 6) is 0. The molecule has 1 unspecified atom stereocenters. The van der Waals surface area contributed by atoms with Gasteiger partial charge in [0.05, 0.1) is 23.8 Å². The van der Waals surface area contributed by atoms with Gasteiger partial charge in [0.2, 0.25) is 0 Å². The van der Waals surface area contributed by atoms with E-state index in [1.54, 1.807) is 0 Å². The molecule has 2 heterocycles. The highest BCUT2D eigenvalue weighted by Gasteiger charge is 2.20. The van der Waals surface area contributed by atoms with Crippen LogP contribution in [0.25, 0.3) is 0 Å². The zero-order valence-corrected chi connectivity index (χ0v) is 12.4. The Labute approximate surface area is 117 Å². The SMILES string of the molecule is CCCNc1cncc(N2CCCCCC2CC)c1. The van der Waals surface area contributed by atoms with Gasteiger partial charge in [0.15, 0.2) is 0 Å². The first kappa shape index (κ1) is 14.2. The summed E-state index contributed by atoms with van der Waals surface area (Å²) in [4.78, 5) is 6.97. The summed E-state index contributed by atoms with van der Waals surface area (Å²) in [7, 11) is 0. The van der Waals surface area contributed by atoms with E-state index in [9.17, 15) is 0 Å². The minimum Gasteiger partial charge on any atom is -0.384 e. The van der Waals surface area contributed by atoms with Crippen molar-refractivity contribution in [2.45, 2.75) is 58.4 Å². The van der Waals surface area contributed by atoms with Crippen molar-refractivity contribution in [3.8, 4) is 0 Å². The third-order valence-electron chi connectivity index (χ3n) is 3.98. The molecule has 1 aliphatic heterocycles. The van der Waals surface area contributed by atoms with Gasteiger partial charge in [0, 0.05) is 19.1 Å². The molecule has 0 amide bonds. The number of anilines is 2. The Balaban J connectivity index is 2.13. The number of aromatic nitrogens is 1. The smallest absolute Gasteiger partial charge is 0.0575 e. The lowest BCUT2D eigenvalue weighted by molar-refractivity contribution is 0.556. The number of hydrogen-bond acceptors (Lipinski definition) is 3. The Morgan fingerprint density at radius 2 is 2.16 bits per heavy atom. The predicted molar refractivity (Wildman–Crippen MR) is 82.9 cm³/mol. The van der Waals surface area contributed by atoms with Crippen LogP contribution in [0.1, 0.15) is 52.4 Å². The van der Waals surface area contributed by atoms with E-state index >= 15 is 0 Å². The van der Waals surface area contributed by atoms with Crippen LogP contribution in [0.2, 0.25) is 0 Å². The van der Waals surface area contributed by atoms with E-state index in [0.717, 1.165) is 18.7 Å². The second-order valence-corrected chi connectivity index (χ2v) is 5.46. The van der Waals surface area contributed by atoms with Crippen molar-refractivity contribution in [2.75, 3.05) is 23.3 Å². The second-order valence-electron chi connectivity index (χ2n) is 5.46. The molecule has 0 aliphatic carbocycles. The van der Waals surface area contributed by atoms with Gasteiger partial charge in [0.25, 0.3) is 0 Å². The molecule has 0 spiro atoms. The van der Waals surface area contributed by atoms with Crippen LogP contribution >= 0.6 is 0 Å². The quantitative estimate of drug-likeness (QED) is 0.866. The fraction of sp³-hybridized carbons (Fsp3) is 0.688. The minimum absolute atomic E-state index is 0.686. The number of pyridine rings is 1. The van der Waals surface area contributed by atoms with Crippen LogP contribution in [0, 0.1) is 0 Å². The van der Waals surface area contributed by atoms with E-state index in [1.807, 2.05) is 12.4 Å². The van der Waals surface area contributed by atoms with Gasteiger partial charge in [-0.25, -0.2) is 0 Å². The monoisotopic (exact) mass is 261 g/mol. The van der Waals surface area contributed by atoms with Crippen molar-refractivity contribution in [3.05, 3.63) is 18.5 Å². The lowest BCUT2D eigenvalue weighted by Gasteiger charge is -2.31. The molecule has 0 radical (unpaired) electrons. The van der Waals surface area contributed by atoms with Gasteiger partial charge in [-0.15, -0.1) is 0 Å². The Bertz CT molecular complexity index is 378. The van der Waals surface area contributed by atoms with Crippen molar-refractivity contribution in [1.29, 1.82) is 0 Å². The van der Waals surface area contributed by atoms with E-state index in [4.69, 9.17) is 0 Å². The van der Waals surface area contributed by atoms with Crippen LogP contribution in [0.15, 0.2) is 18.5 Å². The topological polar surface area (TPSA) is 28.2 Å². The molecule has 1 atom stereocenters. The molecular formula is C16H27N3. The summed E-state index contributed by atoms with van der Waals surface area (Å²) >= 11 is 0. The summed E-state index contributed by atoms with van der Waals surface area (Å²) in [6, 6.07) is 2.95. The van der Waals surface area contributed by atoms with Gasteiger partial charge in [-0.05, 0) is 31.7 Å². The number of rotatable bonds is 5. The van der Waals surface area contributed by atoms with Gasteiger partial charge in [0.1, 0.15) is 0 Å². The standard InChI is InChI=1S/C16H27N3/c1-3-9-18-14-11-16(13-17-12-14)19-10-7-5-6-8-15(19)4-2/h11-13,15,18H,3-10H2,1-2H3. The van der Waals surface area contributed by atoms with Crippen molar-refractivity contribution in [3.63, 3.8) is 0 Å². The van der Waals surface area contributed by atoms with Crippen LogP contribution in [-0.4, -0.2) is 24.1 Å². The third kappa shape index (κ3) is 3.85. The zero-order valence-electron chi connectivity index (χ0n) is 12.4. The van der Waals surface area contributed by atoms with Gasteiger partial charge in [-0.2, -0.15) is 0 Å². The molecule has 0 bridgehead atoms. The minimum atomic E-state index is 0.686. The number of nitrogens with one attached hydrogen (secondary N) is 1. The van der Waals surface area contributed by atoms with E-state index in [-0.39, 0.29) is 0 Å². The molecule has 19 heavy (non-hydrogen) atoms. The highest BCUT2D eigenvalue weighted by atomic mass is 15.2. The number of hydrogen-bond donors (Lipinski definition) is 1. The summed E-state index contributed by atoms with van der Waals surface area (Å²) in [6.07, 6.45) is 11.7. The summed E-state index contributed by atoms with van der Waals surface area (Å²) in [6.45, 7) is 6.68. The molecule has 3 nitrogen and oxygen atoms in total. The fourth-order valence-electron chi connectivity index (χ4n) is 2.89.